The van der Waals surface area contributed by atoms with E-state index in [1.54, 1.807) is 0 Å². The average Bonchev–Trinajstić information content (AvgIpc) is 2.98. The predicted octanol–water partition coefficient (Wildman–Crippen LogP) is 1.83. The molecule has 0 radical (unpaired) electrons. The summed E-state index contributed by atoms with van der Waals surface area (Å²) in [5.74, 6) is 0.320. The molecule has 94 valence electrons. The Bertz CT molecular complexity index is 582. The maximum absolute atomic E-state index is 12.2. The summed E-state index contributed by atoms with van der Waals surface area (Å²) in [5.41, 5.74) is 1.68. The Morgan fingerprint density at radius 3 is 3.00 bits per heavy atom. The maximum atomic E-state index is 12.2. The summed E-state index contributed by atoms with van der Waals surface area (Å²) in [6, 6.07) is 7.93. The number of aryl methyl sites for hydroxylation is 1. The number of hydrogen-bond donors (Lipinski definition) is 2. The van der Waals surface area contributed by atoms with Gasteiger partial charge in [0, 0.05) is 23.5 Å². The van der Waals surface area contributed by atoms with Gasteiger partial charge in [-0.1, -0.05) is 18.2 Å². The molecule has 18 heavy (non-hydrogen) atoms. The first-order chi connectivity index (χ1) is 8.75. The molecule has 1 atom stereocenters. The van der Waals surface area contributed by atoms with E-state index in [4.69, 9.17) is 4.42 Å². The van der Waals surface area contributed by atoms with Gasteiger partial charge < -0.3 is 15.1 Å². The number of carbonyl (C=O) groups is 1. The zero-order chi connectivity index (χ0) is 12.5. The van der Waals surface area contributed by atoms with Crippen molar-refractivity contribution in [3.05, 3.63) is 35.6 Å². The Kier molecular flexibility index (Phi) is 2.80. The smallest absolute Gasteiger partial charge is 0.287 e. The van der Waals surface area contributed by atoms with Crippen molar-refractivity contribution in [2.75, 3.05) is 13.1 Å². The lowest BCUT2D eigenvalue weighted by Crippen LogP contribution is -2.36. The number of furan rings is 1. The van der Waals surface area contributed by atoms with Crippen molar-refractivity contribution < 1.29 is 9.21 Å². The largest absolute Gasteiger partial charge is 0.451 e. The molecule has 2 heterocycles. The molecule has 1 aromatic heterocycles. The Balaban J connectivity index is 1.88. The summed E-state index contributed by atoms with van der Waals surface area (Å²) in [6.45, 7) is 3.72. The summed E-state index contributed by atoms with van der Waals surface area (Å²) < 4.78 is 5.64. The SMILES string of the molecule is Cc1c(C(=O)NC2CCNC2)oc2ccccc12. The number of benzene rings is 1. The van der Waals surface area contributed by atoms with Crippen LogP contribution in [0, 0.1) is 6.92 Å². The highest BCUT2D eigenvalue weighted by Crippen LogP contribution is 2.24. The van der Waals surface area contributed by atoms with Crippen LogP contribution in [0.5, 0.6) is 0 Å². The van der Waals surface area contributed by atoms with E-state index in [-0.39, 0.29) is 11.9 Å². The van der Waals surface area contributed by atoms with Crippen LogP contribution in [0.15, 0.2) is 28.7 Å². The molecule has 4 nitrogen and oxygen atoms in total. The van der Waals surface area contributed by atoms with Crippen molar-refractivity contribution in [2.45, 2.75) is 19.4 Å². The van der Waals surface area contributed by atoms with Crippen molar-refractivity contribution in [3.8, 4) is 0 Å². The molecule has 1 fully saturated rings. The zero-order valence-electron chi connectivity index (χ0n) is 10.3. The van der Waals surface area contributed by atoms with Gasteiger partial charge >= 0.3 is 0 Å². The molecule has 1 unspecified atom stereocenters. The first-order valence-corrected chi connectivity index (χ1v) is 6.25. The summed E-state index contributed by atoms with van der Waals surface area (Å²) in [7, 11) is 0. The maximum Gasteiger partial charge on any atom is 0.287 e. The van der Waals surface area contributed by atoms with E-state index in [0.29, 0.717) is 5.76 Å². The quantitative estimate of drug-likeness (QED) is 0.847. The van der Waals surface area contributed by atoms with Gasteiger partial charge in [0.15, 0.2) is 5.76 Å². The van der Waals surface area contributed by atoms with Crippen LogP contribution < -0.4 is 10.6 Å². The molecule has 1 aliphatic rings. The molecule has 0 saturated carbocycles. The molecular weight excluding hydrogens is 228 g/mol. The number of fused-ring (bicyclic) bond motifs is 1. The van der Waals surface area contributed by atoms with Gasteiger partial charge in [-0.05, 0) is 26.0 Å². The topological polar surface area (TPSA) is 54.3 Å². The third-order valence-electron chi connectivity index (χ3n) is 3.45. The predicted molar refractivity (Wildman–Crippen MR) is 69.7 cm³/mol. The standard InChI is InChI=1S/C14H16N2O2/c1-9-11-4-2-3-5-12(11)18-13(9)14(17)16-10-6-7-15-8-10/h2-5,10,15H,6-8H2,1H3,(H,16,17). The van der Waals surface area contributed by atoms with Crippen molar-refractivity contribution in [3.63, 3.8) is 0 Å². The highest BCUT2D eigenvalue weighted by atomic mass is 16.3. The minimum atomic E-state index is -0.114. The van der Waals surface area contributed by atoms with E-state index in [1.165, 1.54) is 0 Å². The lowest BCUT2D eigenvalue weighted by molar-refractivity contribution is 0.0913. The molecular formula is C14H16N2O2. The van der Waals surface area contributed by atoms with E-state index in [0.717, 1.165) is 36.0 Å². The third kappa shape index (κ3) is 1.88. The van der Waals surface area contributed by atoms with Crippen molar-refractivity contribution in [1.29, 1.82) is 0 Å². The molecule has 0 aliphatic carbocycles. The molecule has 2 aromatic rings. The first-order valence-electron chi connectivity index (χ1n) is 6.25. The Morgan fingerprint density at radius 1 is 1.44 bits per heavy atom. The fourth-order valence-corrected chi connectivity index (χ4v) is 2.42. The molecule has 1 aliphatic heterocycles. The van der Waals surface area contributed by atoms with Crippen molar-refractivity contribution >= 4 is 16.9 Å². The van der Waals surface area contributed by atoms with Gasteiger partial charge in [0.1, 0.15) is 5.58 Å². The number of carbonyl (C=O) groups excluding carboxylic acids is 1. The zero-order valence-corrected chi connectivity index (χ0v) is 10.3. The lowest BCUT2D eigenvalue weighted by Gasteiger charge is -2.09. The van der Waals surface area contributed by atoms with E-state index < -0.39 is 0 Å². The fraction of sp³-hybridized carbons (Fsp3) is 0.357. The Hall–Kier alpha value is -1.81. The van der Waals surface area contributed by atoms with Crippen LogP contribution in [0.3, 0.4) is 0 Å². The number of para-hydroxylation sites is 1. The van der Waals surface area contributed by atoms with Crippen molar-refractivity contribution in [2.24, 2.45) is 0 Å². The molecule has 1 saturated heterocycles. The monoisotopic (exact) mass is 244 g/mol. The van der Waals surface area contributed by atoms with Gasteiger partial charge in [-0.25, -0.2) is 0 Å². The minimum absolute atomic E-state index is 0.114. The number of nitrogens with one attached hydrogen (secondary N) is 2. The minimum Gasteiger partial charge on any atom is -0.451 e. The van der Waals surface area contributed by atoms with E-state index in [9.17, 15) is 4.79 Å². The van der Waals surface area contributed by atoms with E-state index in [1.807, 2.05) is 31.2 Å². The average molecular weight is 244 g/mol. The third-order valence-corrected chi connectivity index (χ3v) is 3.45. The lowest BCUT2D eigenvalue weighted by atomic mass is 10.1. The van der Waals surface area contributed by atoms with Crippen LogP contribution in [-0.4, -0.2) is 25.0 Å². The number of hydrogen-bond acceptors (Lipinski definition) is 3. The second-order valence-corrected chi connectivity index (χ2v) is 4.72. The Labute approximate surface area is 105 Å². The van der Waals surface area contributed by atoms with Gasteiger partial charge in [-0.2, -0.15) is 0 Å². The Morgan fingerprint density at radius 2 is 2.28 bits per heavy atom. The molecule has 0 bridgehead atoms. The molecule has 1 amide bonds. The van der Waals surface area contributed by atoms with Crippen molar-refractivity contribution in [1.82, 2.24) is 10.6 Å². The summed E-state index contributed by atoms with van der Waals surface area (Å²) >= 11 is 0. The highest BCUT2D eigenvalue weighted by molar-refractivity contribution is 5.99. The number of amides is 1. The molecule has 3 rings (SSSR count). The molecule has 4 heteroatoms. The van der Waals surface area contributed by atoms with Crippen LogP contribution in [0.25, 0.3) is 11.0 Å². The summed E-state index contributed by atoms with van der Waals surface area (Å²) in [4.78, 5) is 12.2. The summed E-state index contributed by atoms with van der Waals surface area (Å²) in [5, 5.41) is 7.23. The van der Waals surface area contributed by atoms with Crippen LogP contribution in [0.1, 0.15) is 22.5 Å². The van der Waals surface area contributed by atoms with Gasteiger partial charge in [0.2, 0.25) is 0 Å². The van der Waals surface area contributed by atoms with Gasteiger partial charge in [-0.3, -0.25) is 4.79 Å². The van der Waals surface area contributed by atoms with E-state index in [2.05, 4.69) is 10.6 Å². The van der Waals surface area contributed by atoms with E-state index >= 15 is 0 Å². The molecule has 0 spiro atoms. The van der Waals surface area contributed by atoms with Crippen LogP contribution >= 0.6 is 0 Å². The molecule has 1 aromatic carbocycles. The molecule has 2 N–H and O–H groups in total. The first kappa shape index (κ1) is 11.3. The normalized spacial score (nSPS) is 19.3. The van der Waals surface area contributed by atoms with Crippen LogP contribution in [-0.2, 0) is 0 Å². The highest BCUT2D eigenvalue weighted by Gasteiger charge is 2.22. The van der Waals surface area contributed by atoms with Gasteiger partial charge in [-0.15, -0.1) is 0 Å². The number of rotatable bonds is 2. The fourth-order valence-electron chi connectivity index (χ4n) is 2.42. The summed E-state index contributed by atoms with van der Waals surface area (Å²) in [6.07, 6.45) is 0.977. The second-order valence-electron chi connectivity index (χ2n) is 4.72. The second kappa shape index (κ2) is 4.46. The van der Waals surface area contributed by atoms with Crippen LogP contribution in [0.2, 0.25) is 0 Å². The van der Waals surface area contributed by atoms with Gasteiger partial charge in [0.25, 0.3) is 5.91 Å². The van der Waals surface area contributed by atoms with Gasteiger partial charge in [0.05, 0.1) is 0 Å². The van der Waals surface area contributed by atoms with Crippen LogP contribution in [0.4, 0.5) is 0 Å².